The van der Waals surface area contributed by atoms with E-state index in [2.05, 4.69) is 0 Å². The van der Waals surface area contributed by atoms with Crippen molar-refractivity contribution in [1.29, 1.82) is 0 Å². The van der Waals surface area contributed by atoms with Gasteiger partial charge < -0.3 is 5.73 Å². The normalized spacial score (nSPS) is 33.6. The van der Waals surface area contributed by atoms with Gasteiger partial charge in [-0.1, -0.05) is 0 Å². The van der Waals surface area contributed by atoms with Crippen LogP contribution in [0.2, 0.25) is 0 Å². The molecular weight excluding hydrogens is 226 g/mol. The van der Waals surface area contributed by atoms with Crippen molar-refractivity contribution in [1.82, 2.24) is 8.61 Å². The van der Waals surface area contributed by atoms with Crippen LogP contribution in [-0.4, -0.2) is 49.2 Å². The second-order valence-corrected chi connectivity index (χ2v) is 6.75. The van der Waals surface area contributed by atoms with E-state index in [0.29, 0.717) is 32.1 Å². The summed E-state index contributed by atoms with van der Waals surface area (Å²) < 4.78 is 27.9. The monoisotopic (exact) mass is 247 g/mol. The molecule has 16 heavy (non-hydrogen) atoms. The Bertz CT molecular complexity index is 338. The largest absolute Gasteiger partial charge is 0.330 e. The number of hydrogen-bond donors (Lipinski definition) is 1. The smallest absolute Gasteiger partial charge is 0.282 e. The van der Waals surface area contributed by atoms with Gasteiger partial charge in [-0.25, -0.2) is 0 Å². The van der Waals surface area contributed by atoms with E-state index in [1.165, 1.54) is 0 Å². The molecule has 2 rings (SSSR count). The van der Waals surface area contributed by atoms with Crippen LogP contribution in [0.5, 0.6) is 0 Å². The molecule has 2 saturated heterocycles. The van der Waals surface area contributed by atoms with Crippen molar-refractivity contribution >= 4 is 10.2 Å². The van der Waals surface area contributed by atoms with Crippen molar-refractivity contribution in [3.8, 4) is 0 Å². The molecule has 94 valence electrons. The van der Waals surface area contributed by atoms with Crippen LogP contribution in [0, 0.1) is 5.92 Å². The predicted molar refractivity (Wildman–Crippen MR) is 63.1 cm³/mol. The Labute approximate surface area is 97.8 Å². The summed E-state index contributed by atoms with van der Waals surface area (Å²) in [4.78, 5) is 0. The maximum Gasteiger partial charge on any atom is 0.282 e. The standard InChI is InChI=1S/C10H21N3O2S/c1-9-6-10(7-11)8-13(9)16(14,15)12-4-2-3-5-12/h9-10H,2-8,11H2,1H3. The minimum atomic E-state index is -3.22. The van der Waals surface area contributed by atoms with Crippen LogP contribution in [0.15, 0.2) is 0 Å². The first-order chi connectivity index (χ1) is 7.55. The molecular formula is C10H21N3O2S. The SMILES string of the molecule is CC1CC(CN)CN1S(=O)(=O)N1CCCC1. The fourth-order valence-corrected chi connectivity index (χ4v) is 4.62. The zero-order valence-corrected chi connectivity index (χ0v) is 10.6. The fourth-order valence-electron chi connectivity index (χ4n) is 2.67. The molecule has 0 aromatic carbocycles. The van der Waals surface area contributed by atoms with E-state index in [-0.39, 0.29) is 6.04 Å². The molecule has 2 fully saturated rings. The lowest BCUT2D eigenvalue weighted by molar-refractivity contribution is 0.354. The Morgan fingerprint density at radius 2 is 1.94 bits per heavy atom. The van der Waals surface area contributed by atoms with Crippen LogP contribution in [-0.2, 0) is 10.2 Å². The molecule has 2 unspecified atom stereocenters. The van der Waals surface area contributed by atoms with Crippen LogP contribution < -0.4 is 5.73 Å². The zero-order chi connectivity index (χ0) is 11.8. The van der Waals surface area contributed by atoms with Crippen molar-refractivity contribution in [3.63, 3.8) is 0 Å². The van der Waals surface area contributed by atoms with Crippen molar-refractivity contribution in [2.45, 2.75) is 32.2 Å². The second kappa shape index (κ2) is 4.60. The van der Waals surface area contributed by atoms with E-state index in [1.54, 1.807) is 8.61 Å². The van der Waals surface area contributed by atoms with Gasteiger partial charge in [0.1, 0.15) is 0 Å². The van der Waals surface area contributed by atoms with E-state index in [4.69, 9.17) is 5.73 Å². The summed E-state index contributed by atoms with van der Waals surface area (Å²) in [6.07, 6.45) is 2.87. The molecule has 0 bridgehead atoms. The summed E-state index contributed by atoms with van der Waals surface area (Å²) in [7, 11) is -3.22. The third-order valence-electron chi connectivity index (χ3n) is 3.63. The van der Waals surface area contributed by atoms with Gasteiger partial charge in [-0.05, 0) is 38.6 Å². The zero-order valence-electron chi connectivity index (χ0n) is 9.80. The van der Waals surface area contributed by atoms with E-state index in [9.17, 15) is 8.42 Å². The average Bonchev–Trinajstić information content (AvgIpc) is 2.85. The number of rotatable bonds is 3. The van der Waals surface area contributed by atoms with Gasteiger partial charge in [0, 0.05) is 25.7 Å². The quantitative estimate of drug-likeness (QED) is 0.763. The van der Waals surface area contributed by atoms with Crippen molar-refractivity contribution in [3.05, 3.63) is 0 Å². The van der Waals surface area contributed by atoms with Gasteiger partial charge in [0.05, 0.1) is 0 Å². The highest BCUT2D eigenvalue weighted by Crippen LogP contribution is 2.28. The van der Waals surface area contributed by atoms with Crippen LogP contribution >= 0.6 is 0 Å². The van der Waals surface area contributed by atoms with Gasteiger partial charge in [0.2, 0.25) is 0 Å². The van der Waals surface area contributed by atoms with E-state index in [1.807, 2.05) is 6.92 Å². The molecule has 2 atom stereocenters. The van der Waals surface area contributed by atoms with Crippen LogP contribution in [0.25, 0.3) is 0 Å². The summed E-state index contributed by atoms with van der Waals surface area (Å²) in [5.74, 6) is 0.326. The molecule has 0 radical (unpaired) electrons. The summed E-state index contributed by atoms with van der Waals surface area (Å²) >= 11 is 0. The molecule has 0 aliphatic carbocycles. The molecule has 2 N–H and O–H groups in total. The van der Waals surface area contributed by atoms with Crippen LogP contribution in [0.1, 0.15) is 26.2 Å². The first-order valence-corrected chi connectivity index (χ1v) is 7.42. The van der Waals surface area contributed by atoms with Crippen molar-refractivity contribution in [2.24, 2.45) is 11.7 Å². The van der Waals surface area contributed by atoms with Crippen molar-refractivity contribution < 1.29 is 8.42 Å². The van der Waals surface area contributed by atoms with Crippen molar-refractivity contribution in [2.75, 3.05) is 26.2 Å². The number of hydrogen-bond acceptors (Lipinski definition) is 3. The van der Waals surface area contributed by atoms with Crippen LogP contribution in [0.3, 0.4) is 0 Å². The molecule has 0 saturated carbocycles. The maximum atomic E-state index is 12.3. The molecule has 2 heterocycles. The minimum absolute atomic E-state index is 0.0964. The molecule has 5 nitrogen and oxygen atoms in total. The Hall–Kier alpha value is -0.170. The summed E-state index contributed by atoms with van der Waals surface area (Å²) in [6, 6.07) is 0.0964. The van der Waals surface area contributed by atoms with E-state index < -0.39 is 10.2 Å². The lowest BCUT2D eigenvalue weighted by Crippen LogP contribution is -2.44. The second-order valence-electron chi connectivity index (χ2n) is 4.87. The van der Waals surface area contributed by atoms with E-state index >= 15 is 0 Å². The first-order valence-electron chi connectivity index (χ1n) is 6.02. The average molecular weight is 247 g/mol. The highest BCUT2D eigenvalue weighted by Gasteiger charge is 2.40. The highest BCUT2D eigenvalue weighted by molar-refractivity contribution is 7.86. The molecule has 2 aliphatic heterocycles. The van der Waals surface area contributed by atoms with E-state index in [0.717, 1.165) is 19.3 Å². The minimum Gasteiger partial charge on any atom is -0.330 e. The lowest BCUT2D eigenvalue weighted by Gasteiger charge is -2.26. The predicted octanol–water partition coefficient (Wildman–Crippen LogP) is -0.00390. The Morgan fingerprint density at radius 3 is 2.44 bits per heavy atom. The summed E-state index contributed by atoms with van der Waals surface area (Å²) in [6.45, 7) is 4.51. The highest BCUT2D eigenvalue weighted by atomic mass is 32.2. The van der Waals surface area contributed by atoms with Gasteiger partial charge in [0.15, 0.2) is 0 Å². The topological polar surface area (TPSA) is 66.6 Å². The fraction of sp³-hybridized carbons (Fsp3) is 1.00. The van der Waals surface area contributed by atoms with Gasteiger partial charge in [-0.2, -0.15) is 17.0 Å². The third kappa shape index (κ3) is 2.11. The summed E-state index contributed by atoms with van der Waals surface area (Å²) in [5.41, 5.74) is 5.62. The molecule has 6 heteroatoms. The van der Waals surface area contributed by atoms with Gasteiger partial charge in [-0.15, -0.1) is 0 Å². The summed E-state index contributed by atoms with van der Waals surface area (Å²) in [5, 5.41) is 0. The first kappa shape index (κ1) is 12.3. The van der Waals surface area contributed by atoms with Gasteiger partial charge >= 0.3 is 0 Å². The third-order valence-corrected chi connectivity index (χ3v) is 5.74. The number of nitrogens with two attached hydrogens (primary N) is 1. The molecule has 0 aromatic heterocycles. The molecule has 0 amide bonds. The molecule has 0 aromatic rings. The number of nitrogens with zero attached hydrogens (tertiary/aromatic N) is 2. The Morgan fingerprint density at radius 1 is 1.31 bits per heavy atom. The lowest BCUT2D eigenvalue weighted by atomic mass is 10.1. The molecule has 0 spiro atoms. The van der Waals surface area contributed by atoms with Gasteiger partial charge in [-0.3, -0.25) is 0 Å². The maximum absolute atomic E-state index is 12.3. The molecule has 2 aliphatic rings. The Kier molecular flexibility index (Phi) is 3.53. The van der Waals surface area contributed by atoms with Gasteiger partial charge in [0.25, 0.3) is 10.2 Å². The van der Waals surface area contributed by atoms with Crippen LogP contribution in [0.4, 0.5) is 0 Å². The Balaban J connectivity index is 2.11.